The molecule has 5 heteroatoms. The average molecular weight is 322 g/mol. The zero-order chi connectivity index (χ0) is 17.1. The number of ether oxygens (including phenoxy) is 1. The standard InChI is InChI=1S/C19H18N2O3/c1-2-11-24-13-5-3-12(4-6-13)21-15-8-10-16(22)18-14(20)7-9-17(23)19(15)18/h3-10,23H,2,11,20H2,1H3. The van der Waals surface area contributed by atoms with Gasteiger partial charge in [0, 0.05) is 5.69 Å². The summed E-state index contributed by atoms with van der Waals surface area (Å²) in [6.45, 7) is 2.71. The number of carbonyl (C=O) groups excluding carboxylic acids is 1. The van der Waals surface area contributed by atoms with Crippen LogP contribution in [0.5, 0.6) is 11.5 Å². The summed E-state index contributed by atoms with van der Waals surface area (Å²) in [6, 6.07) is 10.3. The molecule has 0 saturated heterocycles. The van der Waals surface area contributed by atoms with E-state index in [2.05, 4.69) is 4.99 Å². The van der Waals surface area contributed by atoms with Crippen molar-refractivity contribution in [2.24, 2.45) is 4.99 Å². The molecule has 1 aliphatic rings. The molecule has 0 aromatic heterocycles. The number of nitrogens with two attached hydrogens (primary N) is 1. The molecule has 3 N–H and O–H groups in total. The summed E-state index contributed by atoms with van der Waals surface area (Å²) in [5.74, 6) is 0.530. The van der Waals surface area contributed by atoms with Gasteiger partial charge in [-0.2, -0.15) is 0 Å². The van der Waals surface area contributed by atoms with Gasteiger partial charge in [-0.05, 0) is 55.0 Å². The van der Waals surface area contributed by atoms with E-state index >= 15 is 0 Å². The van der Waals surface area contributed by atoms with Crippen LogP contribution in [0.2, 0.25) is 0 Å². The topological polar surface area (TPSA) is 84.9 Å². The number of aliphatic imine (C=N–C) groups is 1. The fourth-order valence-electron chi connectivity index (χ4n) is 2.52. The number of fused-ring (bicyclic) bond motifs is 1. The smallest absolute Gasteiger partial charge is 0.188 e. The number of carbonyl (C=O) groups is 1. The lowest BCUT2D eigenvalue weighted by molar-refractivity contribution is 0.104. The average Bonchev–Trinajstić information content (AvgIpc) is 2.59. The van der Waals surface area contributed by atoms with E-state index in [0.29, 0.717) is 34.8 Å². The van der Waals surface area contributed by atoms with Crippen LogP contribution in [0.1, 0.15) is 29.3 Å². The second-order valence-electron chi connectivity index (χ2n) is 5.46. The Balaban J connectivity index is 1.99. The van der Waals surface area contributed by atoms with Crippen molar-refractivity contribution in [3.8, 4) is 11.5 Å². The van der Waals surface area contributed by atoms with Crippen molar-refractivity contribution in [1.82, 2.24) is 0 Å². The number of benzene rings is 2. The molecular weight excluding hydrogens is 304 g/mol. The number of ketones is 1. The lowest BCUT2D eigenvalue weighted by Gasteiger charge is -2.16. The molecule has 0 amide bonds. The van der Waals surface area contributed by atoms with Gasteiger partial charge in [0.2, 0.25) is 0 Å². The highest BCUT2D eigenvalue weighted by Crippen LogP contribution is 2.32. The van der Waals surface area contributed by atoms with Gasteiger partial charge in [-0.1, -0.05) is 6.92 Å². The molecule has 0 heterocycles. The predicted octanol–water partition coefficient (Wildman–Crippen LogP) is 3.64. The van der Waals surface area contributed by atoms with Crippen LogP contribution in [0.4, 0.5) is 11.4 Å². The van der Waals surface area contributed by atoms with Crippen molar-refractivity contribution in [3.05, 3.63) is 59.7 Å². The quantitative estimate of drug-likeness (QED) is 0.665. The first-order valence-corrected chi connectivity index (χ1v) is 7.76. The summed E-state index contributed by atoms with van der Waals surface area (Å²) in [7, 11) is 0. The second-order valence-corrected chi connectivity index (χ2v) is 5.46. The maximum atomic E-state index is 12.1. The van der Waals surface area contributed by atoms with Crippen LogP contribution in [-0.4, -0.2) is 23.2 Å². The summed E-state index contributed by atoms with van der Waals surface area (Å²) in [6.07, 6.45) is 3.95. The van der Waals surface area contributed by atoms with E-state index in [1.165, 1.54) is 18.2 Å². The monoisotopic (exact) mass is 322 g/mol. The lowest BCUT2D eigenvalue weighted by atomic mass is 9.92. The number of rotatable bonds is 4. The minimum Gasteiger partial charge on any atom is -0.507 e. The summed E-state index contributed by atoms with van der Waals surface area (Å²) in [5, 5.41) is 10.1. The van der Waals surface area contributed by atoms with E-state index in [1.807, 2.05) is 31.2 Å². The number of nitrogen functional groups attached to an aromatic ring is 1. The fraction of sp³-hybridized carbons (Fsp3) is 0.158. The number of phenolic OH excluding ortho intramolecular Hbond substituents is 1. The van der Waals surface area contributed by atoms with Crippen molar-refractivity contribution in [2.75, 3.05) is 12.3 Å². The summed E-state index contributed by atoms with van der Waals surface area (Å²) < 4.78 is 5.54. The Morgan fingerprint density at radius 2 is 1.83 bits per heavy atom. The molecule has 5 nitrogen and oxygen atoms in total. The van der Waals surface area contributed by atoms with E-state index < -0.39 is 0 Å². The van der Waals surface area contributed by atoms with Crippen LogP contribution in [0.15, 0.2) is 53.5 Å². The highest BCUT2D eigenvalue weighted by atomic mass is 16.5. The van der Waals surface area contributed by atoms with E-state index in [4.69, 9.17) is 10.5 Å². The van der Waals surface area contributed by atoms with Crippen LogP contribution in [0.25, 0.3) is 0 Å². The third kappa shape index (κ3) is 3.01. The molecule has 0 fully saturated rings. The Morgan fingerprint density at radius 3 is 2.54 bits per heavy atom. The van der Waals surface area contributed by atoms with Gasteiger partial charge in [-0.25, -0.2) is 4.99 Å². The normalized spacial score (nSPS) is 14.7. The van der Waals surface area contributed by atoms with E-state index in [9.17, 15) is 9.90 Å². The maximum Gasteiger partial charge on any atom is 0.188 e. The predicted molar refractivity (Wildman–Crippen MR) is 94.4 cm³/mol. The van der Waals surface area contributed by atoms with E-state index in [0.717, 1.165) is 12.2 Å². The lowest BCUT2D eigenvalue weighted by Crippen LogP contribution is -2.15. The number of hydrogen-bond donors (Lipinski definition) is 2. The van der Waals surface area contributed by atoms with E-state index in [1.54, 1.807) is 6.08 Å². The molecule has 122 valence electrons. The van der Waals surface area contributed by atoms with Gasteiger partial charge in [0.05, 0.1) is 29.1 Å². The van der Waals surface area contributed by atoms with Crippen LogP contribution < -0.4 is 10.5 Å². The van der Waals surface area contributed by atoms with Crippen LogP contribution in [0.3, 0.4) is 0 Å². The molecule has 0 radical (unpaired) electrons. The van der Waals surface area contributed by atoms with Crippen LogP contribution >= 0.6 is 0 Å². The Hall–Kier alpha value is -3.08. The van der Waals surface area contributed by atoms with Gasteiger partial charge < -0.3 is 15.6 Å². The van der Waals surface area contributed by atoms with Gasteiger partial charge >= 0.3 is 0 Å². The van der Waals surface area contributed by atoms with Crippen molar-refractivity contribution in [1.29, 1.82) is 0 Å². The number of anilines is 1. The van der Waals surface area contributed by atoms with Gasteiger partial charge in [-0.15, -0.1) is 0 Å². The zero-order valence-corrected chi connectivity index (χ0v) is 13.3. The molecule has 0 spiro atoms. The minimum absolute atomic E-state index is 0.0152. The largest absolute Gasteiger partial charge is 0.507 e. The van der Waals surface area contributed by atoms with Crippen LogP contribution in [-0.2, 0) is 0 Å². The molecule has 0 aliphatic heterocycles. The molecular formula is C19H18N2O3. The molecule has 3 rings (SSSR count). The first-order valence-electron chi connectivity index (χ1n) is 7.76. The Bertz CT molecular complexity index is 836. The highest BCUT2D eigenvalue weighted by Gasteiger charge is 2.23. The van der Waals surface area contributed by atoms with Crippen molar-refractivity contribution < 1.29 is 14.6 Å². The van der Waals surface area contributed by atoms with Gasteiger partial charge in [0.1, 0.15) is 11.5 Å². The van der Waals surface area contributed by atoms with Gasteiger partial charge in [0.15, 0.2) is 5.78 Å². The molecule has 24 heavy (non-hydrogen) atoms. The molecule has 1 aliphatic carbocycles. The summed E-state index contributed by atoms with van der Waals surface area (Å²) >= 11 is 0. The fourth-order valence-corrected chi connectivity index (χ4v) is 2.52. The van der Waals surface area contributed by atoms with Gasteiger partial charge in [-0.3, -0.25) is 4.79 Å². The number of nitrogens with zero attached hydrogens (tertiary/aromatic N) is 1. The molecule has 2 aromatic carbocycles. The third-order valence-corrected chi connectivity index (χ3v) is 3.67. The maximum absolute atomic E-state index is 12.1. The zero-order valence-electron chi connectivity index (χ0n) is 13.3. The SMILES string of the molecule is CCCOc1ccc(N=C2C=CC(=O)c3c(N)ccc(O)c32)cc1. The molecule has 2 aromatic rings. The van der Waals surface area contributed by atoms with Crippen molar-refractivity contribution >= 4 is 22.9 Å². The molecule has 0 unspecified atom stereocenters. The third-order valence-electron chi connectivity index (χ3n) is 3.67. The number of phenols is 1. The van der Waals surface area contributed by atoms with Crippen molar-refractivity contribution in [3.63, 3.8) is 0 Å². The molecule has 0 atom stereocenters. The Morgan fingerprint density at radius 1 is 1.08 bits per heavy atom. The molecule has 0 bridgehead atoms. The summed E-state index contributed by atoms with van der Waals surface area (Å²) in [4.78, 5) is 16.6. The number of hydrogen-bond acceptors (Lipinski definition) is 5. The van der Waals surface area contributed by atoms with E-state index in [-0.39, 0.29) is 11.5 Å². The van der Waals surface area contributed by atoms with Crippen molar-refractivity contribution in [2.45, 2.75) is 13.3 Å². The first-order chi connectivity index (χ1) is 11.6. The minimum atomic E-state index is -0.235. The highest BCUT2D eigenvalue weighted by molar-refractivity contribution is 6.27. The second kappa shape index (κ2) is 6.58. The summed E-state index contributed by atoms with van der Waals surface area (Å²) in [5.41, 5.74) is 8.06. The molecule has 0 saturated carbocycles. The number of aromatic hydroxyl groups is 1. The van der Waals surface area contributed by atoms with Gasteiger partial charge in [0.25, 0.3) is 0 Å². The Labute approximate surface area is 140 Å². The first kappa shape index (κ1) is 15.8. The number of allylic oxidation sites excluding steroid dienone is 2. The Kier molecular flexibility index (Phi) is 4.33. The van der Waals surface area contributed by atoms with Crippen LogP contribution in [0, 0.1) is 0 Å².